The smallest absolute Gasteiger partial charge is 0.253 e. The average molecular weight is 185 g/mol. The molecule has 0 radical (unpaired) electrons. The third-order valence-corrected chi connectivity index (χ3v) is 2.48. The highest BCUT2D eigenvalue weighted by atomic mass is 16.5. The number of carbonyl (C=O) groups excluding carboxylic acids is 1. The summed E-state index contributed by atoms with van der Waals surface area (Å²) in [6, 6.07) is 0. The summed E-state index contributed by atoms with van der Waals surface area (Å²) in [7, 11) is 0. The number of hydrogen-bond acceptors (Lipinski definition) is 3. The van der Waals surface area contributed by atoms with E-state index in [1.54, 1.807) is 4.90 Å². The van der Waals surface area contributed by atoms with E-state index in [0.717, 1.165) is 39.0 Å². The van der Waals surface area contributed by atoms with Crippen LogP contribution in [0.1, 0.15) is 19.3 Å². The maximum Gasteiger partial charge on any atom is 0.253 e. The minimum Gasteiger partial charge on any atom is -0.368 e. The fourth-order valence-corrected chi connectivity index (χ4v) is 1.75. The van der Waals surface area contributed by atoms with Crippen LogP contribution in [0.3, 0.4) is 0 Å². The van der Waals surface area contributed by atoms with Gasteiger partial charge in [-0.05, 0) is 19.3 Å². The van der Waals surface area contributed by atoms with Crippen LogP contribution in [0.5, 0.6) is 0 Å². The zero-order chi connectivity index (χ0) is 9.10. The lowest BCUT2D eigenvalue weighted by molar-refractivity contribution is -0.150. The number of nitrogens with zero attached hydrogens (tertiary/aromatic N) is 1. The third-order valence-electron chi connectivity index (χ3n) is 2.48. The summed E-state index contributed by atoms with van der Waals surface area (Å²) in [5, 5.41) is 0. The van der Waals surface area contributed by atoms with Crippen molar-refractivity contribution in [2.75, 3.05) is 26.5 Å². The summed E-state index contributed by atoms with van der Waals surface area (Å²) in [5.41, 5.74) is 0. The molecule has 0 saturated carbocycles. The quantitative estimate of drug-likeness (QED) is 0.592. The van der Waals surface area contributed by atoms with E-state index in [1.165, 1.54) is 0 Å². The summed E-state index contributed by atoms with van der Waals surface area (Å²) >= 11 is 0. The Bertz CT molecular complexity index is 183. The first-order chi connectivity index (χ1) is 6.38. The molecule has 74 valence electrons. The first kappa shape index (κ1) is 8.97. The molecule has 0 bridgehead atoms. The van der Waals surface area contributed by atoms with Crippen LogP contribution in [0.25, 0.3) is 0 Å². The van der Waals surface area contributed by atoms with Gasteiger partial charge in [0, 0.05) is 13.2 Å². The molecule has 0 N–H and O–H groups in total. The minimum absolute atomic E-state index is 0.109. The second-order valence-corrected chi connectivity index (χ2v) is 3.49. The van der Waals surface area contributed by atoms with Crippen molar-refractivity contribution in [1.29, 1.82) is 0 Å². The maximum absolute atomic E-state index is 11.7. The van der Waals surface area contributed by atoms with Crippen LogP contribution in [-0.4, -0.2) is 43.4 Å². The van der Waals surface area contributed by atoms with Crippen LogP contribution >= 0.6 is 0 Å². The molecule has 0 aromatic carbocycles. The lowest BCUT2D eigenvalue weighted by Gasteiger charge is -2.28. The van der Waals surface area contributed by atoms with Crippen molar-refractivity contribution in [3.63, 3.8) is 0 Å². The van der Waals surface area contributed by atoms with Crippen molar-refractivity contribution in [3.8, 4) is 0 Å². The molecule has 2 aliphatic rings. The molecule has 1 unspecified atom stereocenters. The van der Waals surface area contributed by atoms with Gasteiger partial charge >= 0.3 is 0 Å². The zero-order valence-corrected chi connectivity index (χ0v) is 7.70. The van der Waals surface area contributed by atoms with Gasteiger partial charge in [0.15, 0.2) is 0 Å². The molecular formula is C9H15NO3. The lowest BCUT2D eigenvalue weighted by atomic mass is 10.2. The number of amides is 1. The highest BCUT2D eigenvalue weighted by molar-refractivity contribution is 5.81. The number of rotatable bonds is 1. The highest BCUT2D eigenvalue weighted by Gasteiger charge is 2.28. The van der Waals surface area contributed by atoms with Crippen molar-refractivity contribution < 1.29 is 14.3 Å². The van der Waals surface area contributed by atoms with Crippen LogP contribution in [-0.2, 0) is 14.3 Å². The van der Waals surface area contributed by atoms with Crippen LogP contribution in [0.15, 0.2) is 0 Å². The molecule has 13 heavy (non-hydrogen) atoms. The number of hydrogen-bond donors (Lipinski definition) is 0. The predicted molar refractivity (Wildman–Crippen MR) is 46.1 cm³/mol. The van der Waals surface area contributed by atoms with E-state index >= 15 is 0 Å². The van der Waals surface area contributed by atoms with Gasteiger partial charge in [-0.25, -0.2) is 0 Å². The van der Waals surface area contributed by atoms with Crippen molar-refractivity contribution in [3.05, 3.63) is 0 Å². The van der Waals surface area contributed by atoms with Gasteiger partial charge in [-0.15, -0.1) is 0 Å². The van der Waals surface area contributed by atoms with Gasteiger partial charge in [0.2, 0.25) is 0 Å². The van der Waals surface area contributed by atoms with Gasteiger partial charge in [-0.1, -0.05) is 0 Å². The molecule has 0 aliphatic carbocycles. The molecule has 0 aromatic heterocycles. The second kappa shape index (κ2) is 4.07. The maximum atomic E-state index is 11.7. The van der Waals surface area contributed by atoms with Crippen LogP contribution in [0.2, 0.25) is 0 Å². The van der Waals surface area contributed by atoms with E-state index in [4.69, 9.17) is 9.47 Å². The summed E-state index contributed by atoms with van der Waals surface area (Å²) in [6.07, 6.45) is 2.63. The van der Waals surface area contributed by atoms with E-state index < -0.39 is 0 Å². The van der Waals surface area contributed by atoms with E-state index in [9.17, 15) is 4.79 Å². The molecule has 2 saturated heterocycles. The Morgan fingerprint density at radius 3 is 2.85 bits per heavy atom. The molecule has 2 heterocycles. The normalized spacial score (nSPS) is 29.2. The predicted octanol–water partition coefficient (Wildman–Crippen LogP) is 0.372. The summed E-state index contributed by atoms with van der Waals surface area (Å²) in [6.45, 7) is 2.76. The minimum atomic E-state index is -0.193. The number of ether oxygens (including phenoxy) is 2. The number of carbonyl (C=O) groups is 1. The van der Waals surface area contributed by atoms with Gasteiger partial charge in [-0.2, -0.15) is 0 Å². The monoisotopic (exact) mass is 185 g/mol. The topological polar surface area (TPSA) is 38.8 Å². The van der Waals surface area contributed by atoms with E-state index in [0.29, 0.717) is 6.73 Å². The average Bonchev–Trinajstić information content (AvgIpc) is 2.71. The van der Waals surface area contributed by atoms with Crippen molar-refractivity contribution in [1.82, 2.24) is 4.90 Å². The first-order valence-electron chi connectivity index (χ1n) is 4.86. The highest BCUT2D eigenvalue weighted by Crippen LogP contribution is 2.15. The summed E-state index contributed by atoms with van der Waals surface area (Å²) in [5.74, 6) is 0.109. The fourth-order valence-electron chi connectivity index (χ4n) is 1.75. The first-order valence-corrected chi connectivity index (χ1v) is 4.86. The summed E-state index contributed by atoms with van der Waals surface area (Å²) in [4.78, 5) is 13.5. The van der Waals surface area contributed by atoms with Crippen molar-refractivity contribution in [2.45, 2.75) is 25.4 Å². The Labute approximate surface area is 77.8 Å². The SMILES string of the molecule is O=C(C1CCCO1)N1CCCOC1. The Morgan fingerprint density at radius 2 is 2.23 bits per heavy atom. The lowest BCUT2D eigenvalue weighted by Crippen LogP contribution is -2.43. The van der Waals surface area contributed by atoms with Gasteiger partial charge < -0.3 is 14.4 Å². The fraction of sp³-hybridized carbons (Fsp3) is 0.889. The van der Waals surface area contributed by atoms with Crippen LogP contribution in [0, 0.1) is 0 Å². The third kappa shape index (κ3) is 2.00. The second-order valence-electron chi connectivity index (χ2n) is 3.49. The Hall–Kier alpha value is -0.610. The van der Waals surface area contributed by atoms with Gasteiger partial charge in [-0.3, -0.25) is 4.79 Å². The van der Waals surface area contributed by atoms with E-state index in [-0.39, 0.29) is 12.0 Å². The molecule has 2 aliphatic heterocycles. The van der Waals surface area contributed by atoms with E-state index in [1.807, 2.05) is 0 Å². The standard InChI is InChI=1S/C9H15NO3/c11-9(8-3-1-6-13-8)10-4-2-5-12-7-10/h8H,1-7H2. The van der Waals surface area contributed by atoms with Crippen molar-refractivity contribution in [2.24, 2.45) is 0 Å². The van der Waals surface area contributed by atoms with Gasteiger partial charge in [0.05, 0.1) is 6.61 Å². The molecule has 2 fully saturated rings. The molecule has 2 rings (SSSR count). The zero-order valence-electron chi connectivity index (χ0n) is 7.70. The molecule has 1 atom stereocenters. The van der Waals surface area contributed by atoms with Gasteiger partial charge in [0.1, 0.15) is 12.8 Å². The Morgan fingerprint density at radius 1 is 1.31 bits per heavy atom. The molecule has 1 amide bonds. The van der Waals surface area contributed by atoms with Crippen molar-refractivity contribution >= 4 is 5.91 Å². The Kier molecular flexibility index (Phi) is 2.80. The Balaban J connectivity index is 1.87. The molecule has 4 heteroatoms. The molecular weight excluding hydrogens is 170 g/mol. The molecule has 4 nitrogen and oxygen atoms in total. The van der Waals surface area contributed by atoms with Crippen LogP contribution in [0.4, 0.5) is 0 Å². The molecule has 0 aromatic rings. The van der Waals surface area contributed by atoms with Gasteiger partial charge in [0.25, 0.3) is 5.91 Å². The largest absolute Gasteiger partial charge is 0.368 e. The van der Waals surface area contributed by atoms with E-state index in [2.05, 4.69) is 0 Å². The van der Waals surface area contributed by atoms with Crippen LogP contribution < -0.4 is 0 Å². The summed E-state index contributed by atoms with van der Waals surface area (Å²) < 4.78 is 10.5. The molecule has 0 spiro atoms.